The topological polar surface area (TPSA) is 40.2 Å². The molecule has 1 aromatic carbocycles. The molecule has 0 saturated carbocycles. The van der Waals surface area contributed by atoms with Crippen LogP contribution in [0.5, 0.6) is 5.75 Å². The van der Waals surface area contributed by atoms with Gasteiger partial charge in [0.1, 0.15) is 18.5 Å². The van der Waals surface area contributed by atoms with E-state index >= 15 is 0 Å². The van der Waals surface area contributed by atoms with Crippen molar-refractivity contribution in [1.82, 2.24) is 0 Å². The van der Waals surface area contributed by atoms with Crippen LogP contribution >= 0.6 is 0 Å². The van der Waals surface area contributed by atoms with E-state index in [1.54, 1.807) is 0 Å². The molecule has 0 amide bonds. The largest absolute Gasteiger partial charge is 0.495 e. The summed E-state index contributed by atoms with van der Waals surface area (Å²) in [7, 11) is 0. The van der Waals surface area contributed by atoms with Gasteiger partial charge in [0, 0.05) is 13.0 Å². The summed E-state index contributed by atoms with van der Waals surface area (Å²) in [5, 5.41) is 0. The zero-order valence-electron chi connectivity index (χ0n) is 23.4. The van der Waals surface area contributed by atoms with Crippen LogP contribution in [0.3, 0.4) is 0 Å². The van der Waals surface area contributed by atoms with Crippen molar-refractivity contribution < 1.29 is 18.9 Å². The average molecular weight is 511 g/mol. The zero-order chi connectivity index (χ0) is 26.0. The summed E-state index contributed by atoms with van der Waals surface area (Å²) < 4.78 is 22.0. The van der Waals surface area contributed by atoms with Gasteiger partial charge in [-0.1, -0.05) is 69.4 Å². The Kier molecular flexibility index (Phi) is 14.6. The summed E-state index contributed by atoms with van der Waals surface area (Å²) in [5.41, 5.74) is 2.88. The molecule has 1 heterocycles. The first kappa shape index (κ1) is 29.5. The Balaban J connectivity index is 1.25. The Morgan fingerprint density at radius 2 is 1.78 bits per heavy atom. The molecule has 0 spiro atoms. The third-order valence-electron chi connectivity index (χ3n) is 7.19. The molecule has 0 radical (unpaired) electrons. The fourth-order valence-electron chi connectivity index (χ4n) is 4.79. The molecule has 2 atom stereocenters. The number of unbranched alkanes of at least 4 members (excludes halogenated alkanes) is 6. The summed E-state index contributed by atoms with van der Waals surface area (Å²) >= 11 is 0. The molecule has 4 heteroatoms. The Labute approximate surface area is 226 Å². The number of allylic oxidation sites excluding steroid dienone is 6. The molecule has 1 aromatic rings. The maximum absolute atomic E-state index is 5.89. The molecule has 4 nitrogen and oxygen atoms in total. The van der Waals surface area contributed by atoms with E-state index in [0.29, 0.717) is 25.4 Å². The van der Waals surface area contributed by atoms with Crippen LogP contribution in [0.15, 0.2) is 59.9 Å². The van der Waals surface area contributed by atoms with Gasteiger partial charge >= 0.3 is 0 Å². The van der Waals surface area contributed by atoms with Gasteiger partial charge in [-0.05, 0) is 87.1 Å². The van der Waals surface area contributed by atoms with Crippen molar-refractivity contribution in [3.05, 3.63) is 65.5 Å². The van der Waals surface area contributed by atoms with E-state index in [0.717, 1.165) is 44.0 Å². The SMILES string of the molecule is CCCCC(C/C=C\CCCCCCCC1=CCCC(OCC2CO2)=C1)c1ccc(OCOCC)cc1. The summed E-state index contributed by atoms with van der Waals surface area (Å²) in [6, 6.07) is 8.61. The Morgan fingerprint density at radius 1 is 0.973 bits per heavy atom. The molecule has 2 aliphatic rings. The van der Waals surface area contributed by atoms with Crippen LogP contribution in [0.4, 0.5) is 0 Å². The first-order valence-corrected chi connectivity index (χ1v) is 14.9. The van der Waals surface area contributed by atoms with Crippen molar-refractivity contribution in [2.24, 2.45) is 0 Å². The molecule has 0 N–H and O–H groups in total. The van der Waals surface area contributed by atoms with Gasteiger partial charge in [0.25, 0.3) is 0 Å². The second-order valence-corrected chi connectivity index (χ2v) is 10.4. The number of hydrogen-bond acceptors (Lipinski definition) is 4. The van der Waals surface area contributed by atoms with Gasteiger partial charge in [-0.3, -0.25) is 0 Å². The minimum Gasteiger partial charge on any atom is -0.495 e. The number of benzene rings is 1. The van der Waals surface area contributed by atoms with Crippen molar-refractivity contribution in [2.75, 3.05) is 26.6 Å². The van der Waals surface area contributed by atoms with Crippen LogP contribution in [0.2, 0.25) is 0 Å². The lowest BCUT2D eigenvalue weighted by atomic mass is 9.90. The van der Waals surface area contributed by atoms with Crippen molar-refractivity contribution >= 4 is 0 Å². The number of hydrogen-bond donors (Lipinski definition) is 0. The van der Waals surface area contributed by atoms with E-state index in [1.165, 1.54) is 75.3 Å². The second kappa shape index (κ2) is 18.3. The predicted molar refractivity (Wildman–Crippen MR) is 153 cm³/mol. The quantitative estimate of drug-likeness (QED) is 0.0716. The first-order valence-electron chi connectivity index (χ1n) is 14.9. The number of ether oxygens (including phenoxy) is 4. The molecular formula is C33H50O4. The molecule has 0 aromatic heterocycles. The molecule has 37 heavy (non-hydrogen) atoms. The molecule has 1 saturated heterocycles. The lowest BCUT2D eigenvalue weighted by Crippen LogP contribution is -2.03. The van der Waals surface area contributed by atoms with E-state index in [1.807, 2.05) is 6.92 Å². The Hall–Kier alpha value is -2.04. The predicted octanol–water partition coefficient (Wildman–Crippen LogP) is 9.03. The number of epoxide rings is 1. The summed E-state index contributed by atoms with van der Waals surface area (Å²) in [5.74, 6) is 2.63. The highest BCUT2D eigenvalue weighted by Gasteiger charge is 2.23. The summed E-state index contributed by atoms with van der Waals surface area (Å²) in [6.45, 7) is 6.84. The van der Waals surface area contributed by atoms with E-state index < -0.39 is 0 Å². The van der Waals surface area contributed by atoms with E-state index in [-0.39, 0.29) is 0 Å². The van der Waals surface area contributed by atoms with E-state index in [2.05, 4.69) is 55.5 Å². The minimum atomic E-state index is 0.320. The van der Waals surface area contributed by atoms with Crippen LogP contribution in [0.25, 0.3) is 0 Å². The fourth-order valence-corrected chi connectivity index (χ4v) is 4.79. The third-order valence-corrected chi connectivity index (χ3v) is 7.19. The minimum absolute atomic E-state index is 0.320. The zero-order valence-corrected chi connectivity index (χ0v) is 23.4. The highest BCUT2D eigenvalue weighted by Crippen LogP contribution is 2.28. The second-order valence-electron chi connectivity index (χ2n) is 10.4. The molecule has 3 rings (SSSR count). The van der Waals surface area contributed by atoms with Crippen molar-refractivity contribution in [3.8, 4) is 5.75 Å². The molecule has 0 bridgehead atoms. The average Bonchev–Trinajstić information content (AvgIpc) is 3.76. The highest BCUT2D eigenvalue weighted by atomic mass is 16.7. The summed E-state index contributed by atoms with van der Waals surface area (Å²) in [6.07, 6.45) is 25.8. The van der Waals surface area contributed by atoms with Gasteiger partial charge in [0.15, 0.2) is 6.79 Å². The van der Waals surface area contributed by atoms with Gasteiger partial charge in [-0.25, -0.2) is 0 Å². The molecule has 206 valence electrons. The van der Waals surface area contributed by atoms with Gasteiger partial charge in [0.05, 0.1) is 12.4 Å². The van der Waals surface area contributed by atoms with Crippen LogP contribution in [-0.2, 0) is 14.2 Å². The van der Waals surface area contributed by atoms with Crippen LogP contribution in [-0.4, -0.2) is 32.7 Å². The lowest BCUT2D eigenvalue weighted by Gasteiger charge is -2.16. The van der Waals surface area contributed by atoms with Crippen LogP contribution < -0.4 is 4.74 Å². The monoisotopic (exact) mass is 510 g/mol. The highest BCUT2D eigenvalue weighted by molar-refractivity contribution is 5.30. The summed E-state index contributed by atoms with van der Waals surface area (Å²) in [4.78, 5) is 0. The van der Waals surface area contributed by atoms with Crippen LogP contribution in [0.1, 0.15) is 109 Å². The van der Waals surface area contributed by atoms with Crippen LogP contribution in [0, 0.1) is 0 Å². The molecule has 2 unspecified atom stereocenters. The first-order chi connectivity index (χ1) is 18.3. The fraction of sp³-hybridized carbons (Fsp3) is 0.636. The molecule has 1 fully saturated rings. The van der Waals surface area contributed by atoms with Crippen molar-refractivity contribution in [2.45, 2.75) is 109 Å². The normalized spacial score (nSPS) is 17.9. The van der Waals surface area contributed by atoms with Crippen molar-refractivity contribution in [1.29, 1.82) is 0 Å². The standard InChI is InChI=1S/C33H50O4/c1-3-5-17-29(30-20-22-31(23-21-30)37-27-34-4-2)18-13-11-9-7-6-8-10-12-15-28-16-14-19-32(24-28)35-25-33-26-36-33/h11,13,16,20-24,29,33H,3-10,12,14-15,17-19,25-27H2,1-2H3/b13-11-. The Morgan fingerprint density at radius 3 is 2.57 bits per heavy atom. The molecular weight excluding hydrogens is 460 g/mol. The Bertz CT molecular complexity index is 819. The number of rotatable bonds is 21. The van der Waals surface area contributed by atoms with Gasteiger partial charge < -0.3 is 18.9 Å². The third kappa shape index (κ3) is 12.8. The van der Waals surface area contributed by atoms with Gasteiger partial charge in [-0.2, -0.15) is 0 Å². The smallest absolute Gasteiger partial charge is 0.189 e. The molecule has 1 aliphatic carbocycles. The van der Waals surface area contributed by atoms with Gasteiger partial charge in [-0.15, -0.1) is 0 Å². The molecule has 1 aliphatic heterocycles. The lowest BCUT2D eigenvalue weighted by molar-refractivity contribution is 0.0224. The van der Waals surface area contributed by atoms with Gasteiger partial charge in [0.2, 0.25) is 0 Å². The van der Waals surface area contributed by atoms with E-state index in [9.17, 15) is 0 Å². The van der Waals surface area contributed by atoms with E-state index in [4.69, 9.17) is 18.9 Å². The maximum Gasteiger partial charge on any atom is 0.189 e. The maximum atomic E-state index is 5.89. The van der Waals surface area contributed by atoms with Crippen molar-refractivity contribution in [3.63, 3.8) is 0 Å².